The van der Waals surface area contributed by atoms with Gasteiger partial charge in [-0.2, -0.15) is 0 Å². The van der Waals surface area contributed by atoms with Crippen LogP contribution in [0.5, 0.6) is 0 Å². The SMILES string of the molecule is C=C(C)[C@H]1C[C@H]1COCc1ccccc1. The van der Waals surface area contributed by atoms with Crippen molar-refractivity contribution in [1.82, 2.24) is 0 Å². The number of allylic oxidation sites excluding steroid dienone is 1. The number of hydrogen-bond acceptors (Lipinski definition) is 1. The van der Waals surface area contributed by atoms with Crippen LogP contribution in [0.25, 0.3) is 0 Å². The summed E-state index contributed by atoms with van der Waals surface area (Å²) in [7, 11) is 0. The first-order chi connectivity index (χ1) is 7.27. The van der Waals surface area contributed by atoms with Crippen molar-refractivity contribution < 1.29 is 4.74 Å². The van der Waals surface area contributed by atoms with Gasteiger partial charge in [-0.1, -0.05) is 42.5 Å². The van der Waals surface area contributed by atoms with Crippen LogP contribution in [0.3, 0.4) is 0 Å². The molecular weight excluding hydrogens is 184 g/mol. The summed E-state index contributed by atoms with van der Waals surface area (Å²) in [4.78, 5) is 0. The highest BCUT2D eigenvalue weighted by Crippen LogP contribution is 2.43. The number of hydrogen-bond donors (Lipinski definition) is 0. The standard InChI is InChI=1S/C14H18O/c1-11(2)14-8-13(14)10-15-9-12-6-4-3-5-7-12/h3-7,13-14H,1,8-10H2,2H3/t13-,14+/m0/s1. The van der Waals surface area contributed by atoms with Gasteiger partial charge < -0.3 is 4.74 Å². The normalized spacial score (nSPS) is 23.8. The summed E-state index contributed by atoms with van der Waals surface area (Å²) in [6.07, 6.45) is 1.27. The lowest BCUT2D eigenvalue weighted by molar-refractivity contribution is 0.109. The van der Waals surface area contributed by atoms with Crippen LogP contribution >= 0.6 is 0 Å². The van der Waals surface area contributed by atoms with Crippen LogP contribution in [0, 0.1) is 11.8 Å². The molecule has 1 aliphatic rings. The minimum Gasteiger partial charge on any atom is -0.376 e. The molecule has 0 unspecified atom stereocenters. The molecule has 1 nitrogen and oxygen atoms in total. The van der Waals surface area contributed by atoms with Crippen molar-refractivity contribution in [3.63, 3.8) is 0 Å². The van der Waals surface area contributed by atoms with Gasteiger partial charge in [-0.15, -0.1) is 0 Å². The van der Waals surface area contributed by atoms with Crippen molar-refractivity contribution in [2.75, 3.05) is 6.61 Å². The molecule has 0 bridgehead atoms. The third-order valence-corrected chi connectivity index (χ3v) is 3.00. The number of benzene rings is 1. The lowest BCUT2D eigenvalue weighted by Gasteiger charge is -2.03. The number of rotatable bonds is 5. The van der Waals surface area contributed by atoms with Crippen molar-refractivity contribution in [2.24, 2.45) is 11.8 Å². The Bertz CT molecular complexity index is 328. The van der Waals surface area contributed by atoms with E-state index >= 15 is 0 Å². The first-order valence-electron chi connectivity index (χ1n) is 5.54. The Hall–Kier alpha value is -1.08. The predicted octanol–water partition coefficient (Wildman–Crippen LogP) is 3.42. The molecule has 15 heavy (non-hydrogen) atoms. The Morgan fingerprint density at radius 2 is 2.13 bits per heavy atom. The molecule has 1 aromatic rings. The van der Waals surface area contributed by atoms with Crippen LogP contribution in [0.2, 0.25) is 0 Å². The second-order valence-corrected chi connectivity index (χ2v) is 4.45. The average Bonchev–Trinajstić information content (AvgIpc) is 2.99. The van der Waals surface area contributed by atoms with Crippen molar-refractivity contribution in [3.8, 4) is 0 Å². The van der Waals surface area contributed by atoms with Crippen LogP contribution in [0.4, 0.5) is 0 Å². The van der Waals surface area contributed by atoms with E-state index in [0.717, 1.165) is 25.0 Å². The van der Waals surface area contributed by atoms with E-state index in [2.05, 4.69) is 25.6 Å². The molecule has 1 fully saturated rings. The topological polar surface area (TPSA) is 9.23 Å². The van der Waals surface area contributed by atoms with Crippen LogP contribution in [0.1, 0.15) is 18.9 Å². The molecule has 0 heterocycles. The van der Waals surface area contributed by atoms with E-state index in [9.17, 15) is 0 Å². The zero-order valence-electron chi connectivity index (χ0n) is 9.28. The summed E-state index contributed by atoms with van der Waals surface area (Å²) in [5, 5.41) is 0. The molecule has 0 spiro atoms. The second-order valence-electron chi connectivity index (χ2n) is 4.45. The van der Waals surface area contributed by atoms with E-state index in [-0.39, 0.29) is 0 Å². The van der Waals surface area contributed by atoms with Gasteiger partial charge in [0, 0.05) is 0 Å². The van der Waals surface area contributed by atoms with Gasteiger partial charge in [-0.05, 0) is 30.7 Å². The maximum atomic E-state index is 5.68. The monoisotopic (exact) mass is 202 g/mol. The van der Waals surface area contributed by atoms with Crippen LogP contribution < -0.4 is 0 Å². The van der Waals surface area contributed by atoms with Gasteiger partial charge in [0.05, 0.1) is 13.2 Å². The molecule has 80 valence electrons. The molecule has 0 N–H and O–H groups in total. The van der Waals surface area contributed by atoms with E-state index < -0.39 is 0 Å². The highest BCUT2D eigenvalue weighted by molar-refractivity contribution is 5.13. The summed E-state index contributed by atoms with van der Waals surface area (Å²) in [5.74, 6) is 1.45. The van der Waals surface area contributed by atoms with Crippen molar-refractivity contribution in [1.29, 1.82) is 0 Å². The fourth-order valence-corrected chi connectivity index (χ4v) is 1.94. The Morgan fingerprint density at radius 1 is 1.40 bits per heavy atom. The Balaban J connectivity index is 1.67. The molecule has 2 atom stereocenters. The van der Waals surface area contributed by atoms with E-state index in [0.29, 0.717) is 0 Å². The fourth-order valence-electron chi connectivity index (χ4n) is 1.94. The van der Waals surface area contributed by atoms with Crippen LogP contribution in [-0.2, 0) is 11.3 Å². The summed E-state index contributed by atoms with van der Waals surface area (Å²) in [6.45, 7) is 7.71. The third-order valence-electron chi connectivity index (χ3n) is 3.00. The maximum Gasteiger partial charge on any atom is 0.0717 e. The third kappa shape index (κ3) is 2.93. The number of ether oxygens (including phenoxy) is 1. The zero-order valence-corrected chi connectivity index (χ0v) is 9.28. The highest BCUT2D eigenvalue weighted by atomic mass is 16.5. The summed E-state index contributed by atoms with van der Waals surface area (Å²) < 4.78 is 5.68. The van der Waals surface area contributed by atoms with Crippen LogP contribution in [-0.4, -0.2) is 6.61 Å². The van der Waals surface area contributed by atoms with Gasteiger partial charge in [0.25, 0.3) is 0 Å². The molecule has 0 aliphatic heterocycles. The minimum atomic E-state index is 0.723. The van der Waals surface area contributed by atoms with Gasteiger partial charge in [-0.3, -0.25) is 0 Å². The Kier molecular flexibility index (Phi) is 3.22. The largest absolute Gasteiger partial charge is 0.376 e. The smallest absolute Gasteiger partial charge is 0.0717 e. The molecule has 0 radical (unpaired) electrons. The van der Waals surface area contributed by atoms with Gasteiger partial charge in [0.1, 0.15) is 0 Å². The van der Waals surface area contributed by atoms with E-state index in [1.165, 1.54) is 17.6 Å². The van der Waals surface area contributed by atoms with Crippen molar-refractivity contribution in [3.05, 3.63) is 48.0 Å². The molecule has 1 heteroatoms. The average molecular weight is 202 g/mol. The summed E-state index contributed by atoms with van der Waals surface area (Å²) in [5.41, 5.74) is 2.56. The van der Waals surface area contributed by atoms with Gasteiger partial charge >= 0.3 is 0 Å². The van der Waals surface area contributed by atoms with Crippen molar-refractivity contribution >= 4 is 0 Å². The van der Waals surface area contributed by atoms with Crippen LogP contribution in [0.15, 0.2) is 42.5 Å². The maximum absolute atomic E-state index is 5.68. The van der Waals surface area contributed by atoms with Crippen molar-refractivity contribution in [2.45, 2.75) is 20.0 Å². The van der Waals surface area contributed by atoms with E-state index in [1.807, 2.05) is 18.2 Å². The molecular formula is C14H18O. The van der Waals surface area contributed by atoms with E-state index in [1.54, 1.807) is 0 Å². The Morgan fingerprint density at radius 3 is 2.73 bits per heavy atom. The highest BCUT2D eigenvalue weighted by Gasteiger charge is 2.37. The second kappa shape index (κ2) is 4.63. The molecule has 1 saturated carbocycles. The van der Waals surface area contributed by atoms with E-state index in [4.69, 9.17) is 4.74 Å². The first kappa shape index (κ1) is 10.4. The van der Waals surface area contributed by atoms with Gasteiger partial charge in [-0.25, -0.2) is 0 Å². The lowest BCUT2D eigenvalue weighted by Crippen LogP contribution is -1.98. The summed E-state index contributed by atoms with van der Waals surface area (Å²) in [6, 6.07) is 10.3. The zero-order chi connectivity index (χ0) is 10.7. The molecule has 1 aliphatic carbocycles. The van der Waals surface area contributed by atoms with Gasteiger partial charge in [0.2, 0.25) is 0 Å². The molecule has 1 aromatic carbocycles. The lowest BCUT2D eigenvalue weighted by atomic mass is 10.2. The molecule has 0 amide bonds. The molecule has 2 rings (SSSR count). The molecule has 0 aromatic heterocycles. The Labute approximate surface area is 91.8 Å². The fraction of sp³-hybridized carbons (Fsp3) is 0.429. The first-order valence-corrected chi connectivity index (χ1v) is 5.54. The quantitative estimate of drug-likeness (QED) is 0.665. The van der Waals surface area contributed by atoms with Gasteiger partial charge in [0.15, 0.2) is 0 Å². The molecule has 0 saturated heterocycles. The predicted molar refractivity (Wildman–Crippen MR) is 62.5 cm³/mol. The summed E-state index contributed by atoms with van der Waals surface area (Å²) >= 11 is 0. The minimum absolute atomic E-state index is 0.723.